The predicted octanol–water partition coefficient (Wildman–Crippen LogP) is 2.53. The lowest BCUT2D eigenvalue weighted by atomic mass is 9.99. The van der Waals surface area contributed by atoms with E-state index in [0.717, 1.165) is 5.57 Å². The van der Waals surface area contributed by atoms with Gasteiger partial charge in [-0.1, -0.05) is 12.5 Å². The van der Waals surface area contributed by atoms with Crippen LogP contribution in [0.3, 0.4) is 0 Å². The van der Waals surface area contributed by atoms with E-state index in [1.165, 1.54) is 0 Å². The van der Waals surface area contributed by atoms with Gasteiger partial charge in [-0.2, -0.15) is 0 Å². The topological polar surface area (TPSA) is 34.1 Å². The predicted molar refractivity (Wildman–Crippen MR) is 53.5 cm³/mol. The minimum Gasteiger partial charge on any atom is -0.300 e. The summed E-state index contributed by atoms with van der Waals surface area (Å²) in [5, 5.41) is 0. The van der Waals surface area contributed by atoms with Crippen molar-refractivity contribution in [3.63, 3.8) is 0 Å². The molecule has 0 saturated heterocycles. The largest absolute Gasteiger partial charge is 0.300 e. The van der Waals surface area contributed by atoms with Crippen molar-refractivity contribution in [3.8, 4) is 0 Å². The lowest BCUT2D eigenvalue weighted by Gasteiger charge is -2.04. The van der Waals surface area contributed by atoms with Gasteiger partial charge in [0.25, 0.3) is 0 Å². The third-order valence-electron chi connectivity index (χ3n) is 1.97. The molecule has 0 N–H and O–H groups in total. The number of Topliss-reactive ketones (excluding diaryl/α,β-unsaturated/α-hetero) is 1. The summed E-state index contributed by atoms with van der Waals surface area (Å²) in [4.78, 5) is 22.0. The highest BCUT2D eigenvalue weighted by Crippen LogP contribution is 2.07. The van der Waals surface area contributed by atoms with Crippen LogP contribution in [0.2, 0.25) is 0 Å². The van der Waals surface area contributed by atoms with E-state index in [9.17, 15) is 9.59 Å². The van der Waals surface area contributed by atoms with Crippen LogP contribution in [0.15, 0.2) is 11.6 Å². The number of ketones is 2. The van der Waals surface area contributed by atoms with E-state index in [-0.39, 0.29) is 17.5 Å². The Balaban J connectivity index is 3.84. The molecule has 13 heavy (non-hydrogen) atoms. The molecule has 0 heterocycles. The summed E-state index contributed by atoms with van der Waals surface area (Å²) >= 11 is 0. The van der Waals surface area contributed by atoms with Crippen molar-refractivity contribution in [2.24, 2.45) is 5.92 Å². The maximum atomic E-state index is 11.2. The van der Waals surface area contributed by atoms with Crippen LogP contribution in [0.25, 0.3) is 0 Å². The Labute approximate surface area is 80.0 Å². The zero-order valence-electron chi connectivity index (χ0n) is 8.89. The minimum absolute atomic E-state index is 0.00881. The third-order valence-corrected chi connectivity index (χ3v) is 1.97. The molecule has 2 nitrogen and oxygen atoms in total. The Bertz CT molecular complexity index is 222. The van der Waals surface area contributed by atoms with Crippen molar-refractivity contribution in [1.82, 2.24) is 0 Å². The molecular formula is C11H18O2. The van der Waals surface area contributed by atoms with Gasteiger partial charge >= 0.3 is 0 Å². The van der Waals surface area contributed by atoms with E-state index < -0.39 is 0 Å². The van der Waals surface area contributed by atoms with Crippen LogP contribution in [0.4, 0.5) is 0 Å². The van der Waals surface area contributed by atoms with E-state index in [2.05, 4.69) is 0 Å². The van der Waals surface area contributed by atoms with E-state index in [1.54, 1.807) is 13.0 Å². The smallest absolute Gasteiger partial charge is 0.155 e. The van der Waals surface area contributed by atoms with Crippen molar-refractivity contribution in [3.05, 3.63) is 11.6 Å². The maximum absolute atomic E-state index is 11.2. The van der Waals surface area contributed by atoms with Crippen molar-refractivity contribution in [1.29, 1.82) is 0 Å². The molecule has 0 bridgehead atoms. The van der Waals surface area contributed by atoms with Gasteiger partial charge in [0, 0.05) is 12.3 Å². The highest BCUT2D eigenvalue weighted by atomic mass is 16.1. The van der Waals surface area contributed by atoms with Gasteiger partial charge in [0.15, 0.2) is 5.78 Å². The second-order valence-electron chi connectivity index (χ2n) is 3.74. The molecule has 2 heteroatoms. The lowest BCUT2D eigenvalue weighted by molar-refractivity contribution is -0.120. The Hall–Kier alpha value is -0.920. The molecule has 0 aliphatic rings. The first kappa shape index (κ1) is 12.1. The second-order valence-corrected chi connectivity index (χ2v) is 3.74. The summed E-state index contributed by atoms with van der Waals surface area (Å²) in [7, 11) is 0. The number of carbonyl (C=O) groups is 2. The number of rotatable bonds is 5. The number of hydrogen-bond donors (Lipinski definition) is 0. The van der Waals surface area contributed by atoms with Crippen LogP contribution in [-0.2, 0) is 9.59 Å². The van der Waals surface area contributed by atoms with Crippen molar-refractivity contribution >= 4 is 11.6 Å². The van der Waals surface area contributed by atoms with E-state index >= 15 is 0 Å². The molecule has 0 fully saturated rings. The van der Waals surface area contributed by atoms with Gasteiger partial charge in [-0.3, -0.25) is 9.59 Å². The molecule has 0 radical (unpaired) electrons. The maximum Gasteiger partial charge on any atom is 0.155 e. The standard InChI is InChI=1S/C11H18O2/c1-8(2)7-11(13)6-5-9(3)10(4)12/h7,9H,5-6H2,1-4H3. The Morgan fingerprint density at radius 2 is 1.77 bits per heavy atom. The molecule has 0 saturated carbocycles. The Morgan fingerprint density at radius 3 is 2.15 bits per heavy atom. The second kappa shape index (κ2) is 5.68. The fourth-order valence-corrected chi connectivity index (χ4v) is 0.956. The van der Waals surface area contributed by atoms with Crippen molar-refractivity contribution in [2.75, 3.05) is 0 Å². The molecule has 1 atom stereocenters. The molecule has 0 aliphatic heterocycles. The van der Waals surface area contributed by atoms with Crippen molar-refractivity contribution < 1.29 is 9.59 Å². The van der Waals surface area contributed by atoms with Gasteiger partial charge in [-0.15, -0.1) is 0 Å². The molecule has 0 spiro atoms. The molecule has 0 aromatic heterocycles. The van der Waals surface area contributed by atoms with Gasteiger partial charge in [0.05, 0.1) is 0 Å². The average Bonchev–Trinajstić information content (AvgIpc) is 1.98. The molecule has 0 rings (SSSR count). The van der Waals surface area contributed by atoms with Gasteiger partial charge in [0.1, 0.15) is 5.78 Å². The Kier molecular flexibility index (Phi) is 5.28. The van der Waals surface area contributed by atoms with Crippen molar-refractivity contribution in [2.45, 2.75) is 40.5 Å². The van der Waals surface area contributed by atoms with Gasteiger partial charge < -0.3 is 0 Å². The summed E-state index contributed by atoms with van der Waals surface area (Å²) in [5.41, 5.74) is 1.01. The molecule has 0 amide bonds. The molecule has 1 unspecified atom stereocenters. The van der Waals surface area contributed by atoms with E-state index in [1.807, 2.05) is 20.8 Å². The number of allylic oxidation sites excluding steroid dienone is 2. The SMILES string of the molecule is CC(=O)C(C)CCC(=O)C=C(C)C. The monoisotopic (exact) mass is 182 g/mol. The summed E-state index contributed by atoms with van der Waals surface area (Å²) in [6.45, 7) is 7.22. The van der Waals surface area contributed by atoms with Crippen LogP contribution in [0, 0.1) is 5.92 Å². The fourth-order valence-electron chi connectivity index (χ4n) is 0.956. The summed E-state index contributed by atoms with van der Waals surface area (Å²) < 4.78 is 0. The van der Waals surface area contributed by atoms with E-state index in [0.29, 0.717) is 12.8 Å². The Morgan fingerprint density at radius 1 is 1.23 bits per heavy atom. The quantitative estimate of drug-likeness (QED) is 0.612. The van der Waals surface area contributed by atoms with Crippen LogP contribution in [-0.4, -0.2) is 11.6 Å². The van der Waals surface area contributed by atoms with Gasteiger partial charge in [-0.25, -0.2) is 0 Å². The lowest BCUT2D eigenvalue weighted by Crippen LogP contribution is -2.08. The minimum atomic E-state index is 0.00881. The highest BCUT2D eigenvalue weighted by molar-refractivity contribution is 5.90. The molecule has 74 valence electrons. The zero-order chi connectivity index (χ0) is 10.4. The number of hydrogen-bond acceptors (Lipinski definition) is 2. The van der Waals surface area contributed by atoms with Crippen LogP contribution in [0.5, 0.6) is 0 Å². The first-order chi connectivity index (χ1) is 5.93. The molecule has 0 aromatic rings. The summed E-state index contributed by atoms with van der Waals surface area (Å²) in [6, 6.07) is 0. The average molecular weight is 182 g/mol. The molecule has 0 aliphatic carbocycles. The molecule has 0 aromatic carbocycles. The first-order valence-corrected chi connectivity index (χ1v) is 4.61. The van der Waals surface area contributed by atoms with Gasteiger partial charge in [0.2, 0.25) is 0 Å². The summed E-state index contributed by atoms with van der Waals surface area (Å²) in [5.74, 6) is 0.285. The van der Waals surface area contributed by atoms with Crippen LogP contribution < -0.4 is 0 Å². The van der Waals surface area contributed by atoms with Crippen LogP contribution in [0.1, 0.15) is 40.5 Å². The fraction of sp³-hybridized carbons (Fsp3) is 0.636. The zero-order valence-corrected chi connectivity index (χ0v) is 8.89. The summed E-state index contributed by atoms with van der Waals surface area (Å²) in [6.07, 6.45) is 2.77. The number of carbonyl (C=O) groups excluding carboxylic acids is 2. The third kappa shape index (κ3) is 6.26. The highest BCUT2D eigenvalue weighted by Gasteiger charge is 2.08. The van der Waals surface area contributed by atoms with E-state index in [4.69, 9.17) is 0 Å². The molecular weight excluding hydrogens is 164 g/mol. The van der Waals surface area contributed by atoms with Crippen LogP contribution >= 0.6 is 0 Å². The first-order valence-electron chi connectivity index (χ1n) is 4.61. The normalized spacial score (nSPS) is 12.0. The van der Waals surface area contributed by atoms with Gasteiger partial charge in [-0.05, 0) is 33.3 Å².